The molecule has 5 nitrogen and oxygen atoms in total. The van der Waals surface area contributed by atoms with E-state index in [0.717, 1.165) is 16.5 Å². The Labute approximate surface area is 150 Å². The fraction of sp³-hybridized carbons (Fsp3) is 0.105. The summed E-state index contributed by atoms with van der Waals surface area (Å²) in [6.45, 7) is 1.86. The summed E-state index contributed by atoms with van der Waals surface area (Å²) < 4.78 is 5.38. The zero-order valence-electron chi connectivity index (χ0n) is 13.6. The van der Waals surface area contributed by atoms with Gasteiger partial charge in [0, 0.05) is 10.9 Å². The molecular weight excluding hydrogens is 338 g/mol. The molecule has 0 spiro atoms. The molecule has 0 saturated carbocycles. The topological polar surface area (TPSA) is 63.6 Å². The quantitative estimate of drug-likeness (QED) is 0.432. The molecule has 0 radical (unpaired) electrons. The molecule has 3 rings (SSSR count). The molecule has 0 atom stereocenters. The maximum Gasteiger partial charge on any atom is 0.277 e. The lowest BCUT2D eigenvalue weighted by molar-refractivity contribution is -0.123. The number of hydrazone groups is 1. The molecule has 3 aromatic rings. The molecule has 0 fully saturated rings. The number of halogens is 1. The smallest absolute Gasteiger partial charge is 0.277 e. The molecule has 126 valence electrons. The number of benzene rings is 2. The Kier molecular flexibility index (Phi) is 5.26. The van der Waals surface area contributed by atoms with Crippen molar-refractivity contribution in [3.63, 3.8) is 0 Å². The van der Waals surface area contributed by atoms with E-state index in [1.807, 2.05) is 61.5 Å². The first-order valence-corrected chi connectivity index (χ1v) is 8.06. The van der Waals surface area contributed by atoms with Crippen molar-refractivity contribution >= 4 is 34.6 Å². The van der Waals surface area contributed by atoms with Crippen molar-refractivity contribution in [2.24, 2.45) is 5.10 Å². The first-order chi connectivity index (χ1) is 12.1. The van der Waals surface area contributed by atoms with Crippen LogP contribution in [0.2, 0.25) is 5.15 Å². The fourth-order valence-corrected chi connectivity index (χ4v) is 2.38. The van der Waals surface area contributed by atoms with E-state index < -0.39 is 0 Å². The Morgan fingerprint density at radius 1 is 1.24 bits per heavy atom. The first kappa shape index (κ1) is 16.9. The fourth-order valence-electron chi connectivity index (χ4n) is 2.19. The highest BCUT2D eigenvalue weighted by Crippen LogP contribution is 2.18. The molecule has 25 heavy (non-hydrogen) atoms. The molecule has 0 aliphatic carbocycles. The Balaban J connectivity index is 1.58. The van der Waals surface area contributed by atoms with E-state index in [0.29, 0.717) is 16.5 Å². The maximum atomic E-state index is 11.8. The summed E-state index contributed by atoms with van der Waals surface area (Å²) in [5.41, 5.74) is 4.97. The van der Waals surface area contributed by atoms with E-state index in [4.69, 9.17) is 16.3 Å². The lowest BCUT2D eigenvalue weighted by atomic mass is 10.2. The molecule has 1 aromatic heterocycles. The number of amides is 1. The number of pyridine rings is 1. The van der Waals surface area contributed by atoms with Crippen LogP contribution in [0.3, 0.4) is 0 Å². The van der Waals surface area contributed by atoms with Crippen LogP contribution in [-0.2, 0) is 4.79 Å². The summed E-state index contributed by atoms with van der Waals surface area (Å²) in [5.74, 6) is 0.271. The Morgan fingerprint density at radius 2 is 2.00 bits per heavy atom. The van der Waals surface area contributed by atoms with Crippen LogP contribution in [0.4, 0.5) is 0 Å². The second-order valence-corrected chi connectivity index (χ2v) is 5.81. The van der Waals surface area contributed by atoms with Crippen LogP contribution < -0.4 is 10.2 Å². The van der Waals surface area contributed by atoms with Gasteiger partial charge in [-0.25, -0.2) is 10.4 Å². The molecule has 0 aliphatic heterocycles. The highest BCUT2D eigenvalue weighted by atomic mass is 35.5. The highest BCUT2D eigenvalue weighted by Gasteiger charge is 2.04. The van der Waals surface area contributed by atoms with Crippen molar-refractivity contribution in [1.82, 2.24) is 10.4 Å². The number of aromatic nitrogens is 1. The number of nitrogens with one attached hydrogen (secondary N) is 1. The zero-order valence-corrected chi connectivity index (χ0v) is 14.3. The van der Waals surface area contributed by atoms with Crippen molar-refractivity contribution in [2.75, 3.05) is 6.61 Å². The number of ether oxygens (including phenoxy) is 1. The minimum atomic E-state index is -0.360. The number of fused-ring (bicyclic) bond motifs is 1. The molecule has 0 unspecified atom stereocenters. The number of hydrogen-bond acceptors (Lipinski definition) is 4. The minimum Gasteiger partial charge on any atom is -0.484 e. The van der Waals surface area contributed by atoms with Gasteiger partial charge in [0.15, 0.2) is 6.61 Å². The molecule has 1 heterocycles. The van der Waals surface area contributed by atoms with Gasteiger partial charge >= 0.3 is 0 Å². The Morgan fingerprint density at radius 3 is 2.80 bits per heavy atom. The van der Waals surface area contributed by atoms with Crippen molar-refractivity contribution in [3.05, 3.63) is 70.9 Å². The van der Waals surface area contributed by atoms with Gasteiger partial charge in [-0.15, -0.1) is 0 Å². The van der Waals surface area contributed by atoms with Crippen molar-refractivity contribution in [3.8, 4) is 5.75 Å². The normalized spacial score (nSPS) is 11.0. The molecule has 0 bridgehead atoms. The molecular formula is C19H16ClN3O2. The van der Waals surface area contributed by atoms with Crippen LogP contribution in [0, 0.1) is 6.92 Å². The number of aryl methyl sites for hydroxylation is 1. The van der Waals surface area contributed by atoms with Crippen LogP contribution in [0.1, 0.15) is 11.1 Å². The van der Waals surface area contributed by atoms with Crippen LogP contribution in [0.15, 0.2) is 59.7 Å². The van der Waals surface area contributed by atoms with Gasteiger partial charge in [0.1, 0.15) is 10.9 Å². The van der Waals surface area contributed by atoms with Crippen molar-refractivity contribution < 1.29 is 9.53 Å². The molecule has 1 amide bonds. The van der Waals surface area contributed by atoms with Gasteiger partial charge in [0.05, 0.1) is 11.7 Å². The Bertz CT molecular complexity index is 924. The van der Waals surface area contributed by atoms with Gasteiger partial charge in [0.2, 0.25) is 0 Å². The average Bonchev–Trinajstić information content (AvgIpc) is 2.61. The van der Waals surface area contributed by atoms with Crippen LogP contribution in [0.5, 0.6) is 5.75 Å². The SMILES string of the molecule is Cc1ccc(OCC(=O)N/N=C/c2cc3ccccc3nc2Cl)cc1. The standard InChI is InChI=1S/C19H16ClN3O2/c1-13-6-8-16(9-7-13)25-12-18(24)23-21-11-15-10-14-4-2-3-5-17(14)22-19(15)20/h2-11H,12H2,1H3,(H,23,24)/b21-11+. The lowest BCUT2D eigenvalue weighted by Gasteiger charge is -2.05. The van der Waals surface area contributed by atoms with Gasteiger partial charge in [-0.3, -0.25) is 4.79 Å². The molecule has 2 aromatic carbocycles. The van der Waals surface area contributed by atoms with Crippen molar-refractivity contribution in [2.45, 2.75) is 6.92 Å². The van der Waals surface area contributed by atoms with E-state index in [1.54, 1.807) is 0 Å². The van der Waals surface area contributed by atoms with E-state index in [9.17, 15) is 4.79 Å². The number of carbonyl (C=O) groups excluding carboxylic acids is 1. The molecule has 0 saturated heterocycles. The predicted octanol–water partition coefficient (Wildman–Crippen LogP) is 3.73. The zero-order chi connectivity index (χ0) is 17.6. The van der Waals surface area contributed by atoms with E-state index in [1.165, 1.54) is 6.21 Å². The van der Waals surface area contributed by atoms with Crippen LogP contribution in [-0.4, -0.2) is 23.7 Å². The second-order valence-electron chi connectivity index (χ2n) is 5.46. The second kappa shape index (κ2) is 7.77. The number of para-hydroxylation sites is 1. The number of hydrogen-bond donors (Lipinski definition) is 1. The highest BCUT2D eigenvalue weighted by molar-refractivity contribution is 6.32. The maximum absolute atomic E-state index is 11.8. The summed E-state index contributed by atoms with van der Waals surface area (Å²) in [6, 6.07) is 17.0. The lowest BCUT2D eigenvalue weighted by Crippen LogP contribution is -2.24. The number of nitrogens with zero attached hydrogens (tertiary/aromatic N) is 2. The van der Waals surface area contributed by atoms with E-state index in [2.05, 4.69) is 15.5 Å². The summed E-state index contributed by atoms with van der Waals surface area (Å²) in [4.78, 5) is 16.1. The Hall–Kier alpha value is -2.92. The molecule has 1 N–H and O–H groups in total. The number of rotatable bonds is 5. The van der Waals surface area contributed by atoms with Gasteiger partial charge in [-0.1, -0.05) is 47.5 Å². The largest absolute Gasteiger partial charge is 0.484 e. The van der Waals surface area contributed by atoms with Crippen LogP contribution in [0.25, 0.3) is 10.9 Å². The predicted molar refractivity (Wildman–Crippen MR) is 99.2 cm³/mol. The van der Waals surface area contributed by atoms with Crippen LogP contribution >= 0.6 is 11.6 Å². The molecule has 6 heteroatoms. The van der Waals surface area contributed by atoms with Gasteiger partial charge < -0.3 is 4.74 Å². The van der Waals surface area contributed by atoms with Gasteiger partial charge in [0.25, 0.3) is 5.91 Å². The summed E-state index contributed by atoms with van der Waals surface area (Å²) in [6.07, 6.45) is 1.46. The summed E-state index contributed by atoms with van der Waals surface area (Å²) >= 11 is 6.13. The molecule has 0 aliphatic rings. The first-order valence-electron chi connectivity index (χ1n) is 7.68. The third-order valence-electron chi connectivity index (χ3n) is 3.49. The minimum absolute atomic E-state index is 0.121. The third-order valence-corrected chi connectivity index (χ3v) is 3.79. The van der Waals surface area contributed by atoms with E-state index in [-0.39, 0.29) is 12.5 Å². The van der Waals surface area contributed by atoms with Gasteiger partial charge in [-0.2, -0.15) is 5.10 Å². The number of carbonyl (C=O) groups is 1. The van der Waals surface area contributed by atoms with Gasteiger partial charge in [-0.05, 0) is 31.2 Å². The summed E-state index contributed by atoms with van der Waals surface area (Å²) in [7, 11) is 0. The third kappa shape index (κ3) is 4.55. The average molecular weight is 354 g/mol. The van der Waals surface area contributed by atoms with Crippen molar-refractivity contribution in [1.29, 1.82) is 0 Å². The van der Waals surface area contributed by atoms with E-state index >= 15 is 0 Å². The summed E-state index contributed by atoms with van der Waals surface area (Å²) in [5, 5.41) is 5.18. The monoisotopic (exact) mass is 353 g/mol.